The summed E-state index contributed by atoms with van der Waals surface area (Å²) in [6.07, 6.45) is 4.10. The first kappa shape index (κ1) is 14.2. The van der Waals surface area contributed by atoms with Gasteiger partial charge in [0.2, 0.25) is 0 Å². The first-order valence-corrected chi connectivity index (χ1v) is 7.75. The second-order valence-corrected chi connectivity index (χ2v) is 5.86. The Morgan fingerprint density at radius 1 is 0.952 bits per heavy atom. The van der Waals surface area contributed by atoms with Crippen molar-refractivity contribution in [3.63, 3.8) is 0 Å². The predicted molar refractivity (Wildman–Crippen MR) is 84.3 cm³/mol. The SMILES string of the molecule is O[C@H](CCc1ccc(OCc2ccccc2)cc1)C1CC1. The van der Waals surface area contributed by atoms with Crippen LogP contribution in [0.25, 0.3) is 0 Å². The Kier molecular flexibility index (Phi) is 4.56. The van der Waals surface area contributed by atoms with Gasteiger partial charge in [-0.3, -0.25) is 0 Å². The molecule has 0 unspecified atom stereocenters. The van der Waals surface area contributed by atoms with Gasteiger partial charge >= 0.3 is 0 Å². The van der Waals surface area contributed by atoms with E-state index in [1.807, 2.05) is 30.3 Å². The van der Waals surface area contributed by atoms with Gasteiger partial charge in [0, 0.05) is 0 Å². The highest BCUT2D eigenvalue weighted by Gasteiger charge is 2.28. The zero-order valence-corrected chi connectivity index (χ0v) is 12.2. The Bertz CT molecular complexity index is 544. The fraction of sp³-hybridized carbons (Fsp3) is 0.368. The molecular weight excluding hydrogens is 260 g/mol. The number of hydrogen-bond acceptors (Lipinski definition) is 2. The lowest BCUT2D eigenvalue weighted by Crippen LogP contribution is -2.10. The van der Waals surface area contributed by atoms with Crippen LogP contribution in [0.4, 0.5) is 0 Å². The largest absolute Gasteiger partial charge is 0.489 e. The fourth-order valence-corrected chi connectivity index (χ4v) is 2.52. The van der Waals surface area contributed by atoms with Crippen molar-refractivity contribution in [2.75, 3.05) is 0 Å². The van der Waals surface area contributed by atoms with Crippen molar-refractivity contribution in [3.8, 4) is 5.75 Å². The number of hydrogen-bond donors (Lipinski definition) is 1. The minimum atomic E-state index is -0.112. The van der Waals surface area contributed by atoms with Crippen LogP contribution in [0.1, 0.15) is 30.4 Å². The minimum Gasteiger partial charge on any atom is -0.489 e. The summed E-state index contributed by atoms with van der Waals surface area (Å²) in [4.78, 5) is 0. The molecule has 2 heteroatoms. The van der Waals surface area contributed by atoms with Crippen LogP contribution in [0, 0.1) is 5.92 Å². The standard InChI is InChI=1S/C19H22O2/c20-19(17-9-10-17)13-8-15-6-11-18(12-7-15)21-14-16-4-2-1-3-5-16/h1-7,11-12,17,19-20H,8-10,13-14H2/t19-/m1/s1. The normalized spacial score (nSPS) is 15.7. The van der Waals surface area contributed by atoms with Crippen LogP contribution in [0.2, 0.25) is 0 Å². The van der Waals surface area contributed by atoms with E-state index in [0.717, 1.165) is 18.6 Å². The van der Waals surface area contributed by atoms with Crippen molar-refractivity contribution in [1.29, 1.82) is 0 Å². The summed E-state index contributed by atoms with van der Waals surface area (Å²) in [6.45, 7) is 0.598. The van der Waals surface area contributed by atoms with Crippen molar-refractivity contribution >= 4 is 0 Å². The first-order chi connectivity index (χ1) is 10.3. The van der Waals surface area contributed by atoms with Gasteiger partial charge in [0.05, 0.1) is 6.10 Å². The second kappa shape index (κ2) is 6.77. The van der Waals surface area contributed by atoms with E-state index in [9.17, 15) is 5.11 Å². The molecule has 1 atom stereocenters. The maximum absolute atomic E-state index is 9.89. The number of aliphatic hydroxyl groups is 1. The van der Waals surface area contributed by atoms with E-state index in [2.05, 4.69) is 24.3 Å². The molecule has 2 aromatic rings. The van der Waals surface area contributed by atoms with Crippen LogP contribution in [0.5, 0.6) is 5.75 Å². The smallest absolute Gasteiger partial charge is 0.119 e. The first-order valence-electron chi connectivity index (χ1n) is 7.75. The molecule has 1 N–H and O–H groups in total. The van der Waals surface area contributed by atoms with Crippen LogP contribution in [-0.2, 0) is 13.0 Å². The lowest BCUT2D eigenvalue weighted by molar-refractivity contribution is 0.142. The molecule has 0 aromatic heterocycles. The molecule has 1 aliphatic rings. The Balaban J connectivity index is 1.47. The van der Waals surface area contributed by atoms with E-state index in [0.29, 0.717) is 12.5 Å². The Morgan fingerprint density at radius 2 is 1.67 bits per heavy atom. The molecule has 0 radical (unpaired) electrons. The zero-order chi connectivity index (χ0) is 14.5. The lowest BCUT2D eigenvalue weighted by Gasteiger charge is -2.10. The summed E-state index contributed by atoms with van der Waals surface area (Å²) in [5, 5.41) is 9.89. The van der Waals surface area contributed by atoms with Gasteiger partial charge in [-0.25, -0.2) is 0 Å². The van der Waals surface area contributed by atoms with Gasteiger partial charge in [-0.15, -0.1) is 0 Å². The van der Waals surface area contributed by atoms with Gasteiger partial charge in [-0.1, -0.05) is 42.5 Å². The number of rotatable bonds is 7. The van der Waals surface area contributed by atoms with Gasteiger partial charge in [0.25, 0.3) is 0 Å². The third-order valence-electron chi connectivity index (χ3n) is 4.07. The predicted octanol–water partition coefficient (Wildman–Crippen LogP) is 3.97. The zero-order valence-electron chi connectivity index (χ0n) is 12.2. The summed E-state index contributed by atoms with van der Waals surface area (Å²) in [5.74, 6) is 1.46. The van der Waals surface area contributed by atoms with E-state index in [1.54, 1.807) is 0 Å². The Labute approximate surface area is 126 Å². The lowest BCUT2D eigenvalue weighted by atomic mass is 10.0. The van der Waals surface area contributed by atoms with Crippen LogP contribution in [-0.4, -0.2) is 11.2 Å². The molecule has 2 aromatic carbocycles. The van der Waals surface area contributed by atoms with E-state index < -0.39 is 0 Å². The van der Waals surface area contributed by atoms with Crippen LogP contribution in [0.3, 0.4) is 0 Å². The van der Waals surface area contributed by atoms with E-state index in [1.165, 1.54) is 24.0 Å². The highest BCUT2D eigenvalue weighted by molar-refractivity contribution is 5.28. The van der Waals surface area contributed by atoms with Gasteiger partial charge < -0.3 is 9.84 Å². The molecule has 0 amide bonds. The van der Waals surface area contributed by atoms with Crippen molar-refractivity contribution < 1.29 is 9.84 Å². The average molecular weight is 282 g/mol. The molecule has 1 saturated carbocycles. The van der Waals surface area contributed by atoms with Crippen LogP contribution < -0.4 is 4.74 Å². The van der Waals surface area contributed by atoms with Gasteiger partial charge in [-0.2, -0.15) is 0 Å². The van der Waals surface area contributed by atoms with E-state index in [-0.39, 0.29) is 6.10 Å². The number of ether oxygens (including phenoxy) is 1. The van der Waals surface area contributed by atoms with Gasteiger partial charge in [-0.05, 0) is 54.9 Å². The van der Waals surface area contributed by atoms with Crippen LogP contribution in [0.15, 0.2) is 54.6 Å². The Morgan fingerprint density at radius 3 is 2.33 bits per heavy atom. The Hall–Kier alpha value is -1.80. The quantitative estimate of drug-likeness (QED) is 0.832. The summed E-state index contributed by atoms with van der Waals surface area (Å²) in [6, 6.07) is 18.4. The van der Waals surface area contributed by atoms with E-state index >= 15 is 0 Å². The molecule has 0 aliphatic heterocycles. The van der Waals surface area contributed by atoms with Crippen molar-refractivity contribution in [3.05, 3.63) is 65.7 Å². The van der Waals surface area contributed by atoms with Crippen LogP contribution >= 0.6 is 0 Å². The monoisotopic (exact) mass is 282 g/mol. The third-order valence-corrected chi connectivity index (χ3v) is 4.07. The summed E-state index contributed by atoms with van der Waals surface area (Å²) in [5.41, 5.74) is 2.44. The highest BCUT2D eigenvalue weighted by Crippen LogP contribution is 2.34. The molecule has 1 fully saturated rings. The molecule has 110 valence electrons. The molecule has 1 aliphatic carbocycles. The number of aliphatic hydroxyl groups excluding tert-OH is 1. The van der Waals surface area contributed by atoms with Gasteiger partial charge in [0.15, 0.2) is 0 Å². The van der Waals surface area contributed by atoms with Crippen molar-refractivity contribution in [2.45, 2.75) is 38.4 Å². The molecule has 0 heterocycles. The second-order valence-electron chi connectivity index (χ2n) is 5.86. The highest BCUT2D eigenvalue weighted by atomic mass is 16.5. The minimum absolute atomic E-state index is 0.112. The average Bonchev–Trinajstić information content (AvgIpc) is 3.37. The van der Waals surface area contributed by atoms with Crippen molar-refractivity contribution in [1.82, 2.24) is 0 Å². The molecule has 3 rings (SSSR count). The molecule has 21 heavy (non-hydrogen) atoms. The topological polar surface area (TPSA) is 29.5 Å². The third kappa shape index (κ3) is 4.33. The molecule has 0 saturated heterocycles. The van der Waals surface area contributed by atoms with E-state index in [4.69, 9.17) is 4.74 Å². The molecular formula is C19H22O2. The van der Waals surface area contributed by atoms with Gasteiger partial charge in [0.1, 0.15) is 12.4 Å². The van der Waals surface area contributed by atoms with Crippen molar-refractivity contribution in [2.24, 2.45) is 5.92 Å². The maximum atomic E-state index is 9.89. The summed E-state index contributed by atoms with van der Waals surface area (Å²) < 4.78 is 5.77. The summed E-state index contributed by atoms with van der Waals surface area (Å²) >= 11 is 0. The molecule has 0 spiro atoms. The molecule has 2 nitrogen and oxygen atoms in total. The maximum Gasteiger partial charge on any atom is 0.119 e. The number of aryl methyl sites for hydroxylation is 1. The molecule has 0 bridgehead atoms. The summed E-state index contributed by atoms with van der Waals surface area (Å²) in [7, 11) is 0. The fourth-order valence-electron chi connectivity index (χ4n) is 2.52. The number of benzene rings is 2.